The van der Waals surface area contributed by atoms with E-state index in [9.17, 15) is 5.21 Å². The second-order valence-corrected chi connectivity index (χ2v) is 5.45. The fourth-order valence-electron chi connectivity index (χ4n) is 2.64. The van der Waals surface area contributed by atoms with Crippen molar-refractivity contribution in [1.29, 1.82) is 0 Å². The maximum Gasteiger partial charge on any atom is 2.00 e. The normalized spacial score (nSPS) is 22.2. The van der Waals surface area contributed by atoms with Crippen LogP contribution in [0.25, 0.3) is 0 Å². The quantitative estimate of drug-likeness (QED) is 0.364. The molecule has 0 aromatic carbocycles. The van der Waals surface area contributed by atoms with Crippen LogP contribution in [0.3, 0.4) is 0 Å². The van der Waals surface area contributed by atoms with Gasteiger partial charge in [0.1, 0.15) is 0 Å². The molecule has 7 heteroatoms. The summed E-state index contributed by atoms with van der Waals surface area (Å²) in [5.41, 5.74) is 5.40. The molecule has 1 aliphatic heterocycles. The van der Waals surface area contributed by atoms with Crippen molar-refractivity contribution < 1.29 is 51.1 Å². The van der Waals surface area contributed by atoms with Crippen molar-refractivity contribution in [1.82, 2.24) is 11.2 Å². The first-order valence-electron chi connectivity index (χ1n) is 4.99. The van der Waals surface area contributed by atoms with E-state index in [1.165, 1.54) is 5.06 Å². The average Bonchev–Trinajstić information content (AvgIpc) is 1.99. The van der Waals surface area contributed by atoms with E-state index in [2.05, 4.69) is 27.7 Å². The summed E-state index contributed by atoms with van der Waals surface area (Å²) in [5, 5.41) is 11.5. The molecule has 1 aliphatic rings. The summed E-state index contributed by atoms with van der Waals surface area (Å²) < 4.78 is 0. The van der Waals surface area contributed by atoms with E-state index >= 15 is 0 Å². The molecule has 0 unspecified atom stereocenters. The summed E-state index contributed by atoms with van der Waals surface area (Å²) in [4.78, 5) is 0. The van der Waals surface area contributed by atoms with Gasteiger partial charge >= 0.3 is 21.1 Å². The number of rotatable bonds is 1. The molecule has 17 heavy (non-hydrogen) atoms. The topological polar surface area (TPSA) is 84.5 Å². The van der Waals surface area contributed by atoms with E-state index in [1.54, 1.807) is 0 Å². The van der Waals surface area contributed by atoms with Crippen LogP contribution in [0.15, 0.2) is 0 Å². The molecule has 0 amide bonds. The Morgan fingerprint density at radius 1 is 1.12 bits per heavy atom. The number of hydrogen-bond acceptors (Lipinski definition) is 4. The van der Waals surface area contributed by atoms with Crippen molar-refractivity contribution in [3.63, 3.8) is 0 Å². The number of nitrogens with two attached hydrogens (primary N) is 1. The van der Waals surface area contributed by atoms with Gasteiger partial charge in [-0.15, -0.1) is 0 Å². The molecular formula is C10H25Cl2N3OPt. The van der Waals surface area contributed by atoms with Crippen LogP contribution in [0.1, 0.15) is 40.5 Å². The third-order valence-corrected chi connectivity index (χ3v) is 3.06. The zero-order chi connectivity index (χ0) is 10.3. The van der Waals surface area contributed by atoms with Crippen LogP contribution < -0.4 is 36.7 Å². The third-order valence-electron chi connectivity index (χ3n) is 3.06. The first-order chi connectivity index (χ1) is 5.79. The Morgan fingerprint density at radius 2 is 1.41 bits per heavy atom. The van der Waals surface area contributed by atoms with Gasteiger partial charge in [-0.05, 0) is 53.0 Å². The van der Waals surface area contributed by atoms with E-state index in [0.717, 1.165) is 19.4 Å². The summed E-state index contributed by atoms with van der Waals surface area (Å²) in [6, 6.07) is 0. The molecule has 1 saturated heterocycles. The van der Waals surface area contributed by atoms with Crippen molar-refractivity contribution in [2.24, 2.45) is 11.7 Å². The Morgan fingerprint density at radius 3 is 1.65 bits per heavy atom. The van der Waals surface area contributed by atoms with Crippen molar-refractivity contribution in [3.8, 4) is 0 Å². The molecule has 4 nitrogen and oxygen atoms in total. The van der Waals surface area contributed by atoms with Crippen LogP contribution in [0.2, 0.25) is 0 Å². The Labute approximate surface area is 132 Å². The largest absolute Gasteiger partial charge is 2.00 e. The molecule has 0 aromatic heterocycles. The van der Waals surface area contributed by atoms with E-state index in [4.69, 9.17) is 5.73 Å². The fraction of sp³-hybridized carbons (Fsp3) is 1.00. The average molecular weight is 469 g/mol. The Hall–Kier alpha value is 1.11. The molecule has 0 aromatic rings. The van der Waals surface area contributed by atoms with Crippen LogP contribution in [0, 0.1) is 5.92 Å². The molecule has 110 valence electrons. The molecule has 0 bridgehead atoms. The minimum atomic E-state index is -0.147. The summed E-state index contributed by atoms with van der Waals surface area (Å²) in [6.45, 7) is 8.99. The molecule has 0 aliphatic carbocycles. The summed E-state index contributed by atoms with van der Waals surface area (Å²) in [7, 11) is 0. The predicted molar refractivity (Wildman–Crippen MR) is 58.6 cm³/mol. The summed E-state index contributed by atoms with van der Waals surface area (Å²) >= 11 is 0. The van der Waals surface area contributed by atoms with Crippen molar-refractivity contribution in [3.05, 3.63) is 0 Å². The molecule has 1 heterocycles. The van der Waals surface area contributed by atoms with E-state index < -0.39 is 0 Å². The molecule has 0 atom stereocenters. The number of hydroxylamine groups is 2. The minimum absolute atomic E-state index is 0. The standard InChI is InChI=1S/C10H22N2O.2ClH.H3N.Pt/c1-9(2)5-8(7-11)6-10(3,4)12(9)13;;;;/h8,13H,5-7,11H2,1-4H3;2*1H;1H3;/q;;;;+2/p-2. The SMILES string of the molecule is CC1(C)CC(CN)CC(C)(C)N1O.N.[Cl-].[Cl-].[Pt+2]. The van der Waals surface area contributed by atoms with Gasteiger partial charge in [-0.3, -0.25) is 0 Å². The van der Waals surface area contributed by atoms with Crippen LogP contribution in [0.5, 0.6) is 0 Å². The minimum Gasteiger partial charge on any atom is -1.00 e. The number of piperidine rings is 1. The van der Waals surface area contributed by atoms with E-state index in [1.807, 2.05) is 0 Å². The maximum absolute atomic E-state index is 9.97. The fourth-order valence-corrected chi connectivity index (χ4v) is 2.64. The van der Waals surface area contributed by atoms with Gasteiger partial charge in [-0.25, -0.2) is 0 Å². The molecule has 0 spiro atoms. The molecule has 1 rings (SSSR count). The first kappa shape index (κ1) is 26.6. The van der Waals surface area contributed by atoms with E-state index in [-0.39, 0.29) is 63.1 Å². The van der Waals surface area contributed by atoms with E-state index in [0.29, 0.717) is 5.92 Å². The van der Waals surface area contributed by atoms with Crippen molar-refractivity contribution in [2.75, 3.05) is 6.54 Å². The molecule has 1 fully saturated rings. The van der Waals surface area contributed by atoms with Gasteiger partial charge in [0.2, 0.25) is 0 Å². The summed E-state index contributed by atoms with van der Waals surface area (Å²) in [6.07, 6.45) is 1.95. The molecule has 0 saturated carbocycles. The number of halogens is 2. The Kier molecular flexibility index (Phi) is 14.2. The number of hydrogen-bond donors (Lipinski definition) is 3. The first-order valence-corrected chi connectivity index (χ1v) is 4.99. The van der Waals surface area contributed by atoms with Crippen molar-refractivity contribution >= 4 is 0 Å². The van der Waals surface area contributed by atoms with Gasteiger partial charge in [0.25, 0.3) is 0 Å². The Bertz CT molecular complexity index is 188. The number of nitrogens with zero attached hydrogens (tertiary/aromatic N) is 1. The smallest absolute Gasteiger partial charge is 1.00 e. The third kappa shape index (κ3) is 6.19. The van der Waals surface area contributed by atoms with Gasteiger partial charge in [0.15, 0.2) is 0 Å². The van der Waals surface area contributed by atoms with Gasteiger partial charge in [-0.2, -0.15) is 5.06 Å². The van der Waals surface area contributed by atoms with Crippen LogP contribution >= 0.6 is 0 Å². The Balaban J connectivity index is -0.000000211. The zero-order valence-corrected chi connectivity index (χ0v) is 14.7. The maximum atomic E-state index is 9.97. The molecular weight excluding hydrogens is 444 g/mol. The zero-order valence-electron chi connectivity index (χ0n) is 10.9. The van der Waals surface area contributed by atoms with Crippen molar-refractivity contribution in [2.45, 2.75) is 51.6 Å². The van der Waals surface area contributed by atoms with Gasteiger partial charge in [-0.1, -0.05) is 0 Å². The predicted octanol–water partition coefficient (Wildman–Crippen LogP) is -4.23. The monoisotopic (exact) mass is 468 g/mol. The molecule has 0 radical (unpaired) electrons. The van der Waals surface area contributed by atoms with Crippen LogP contribution in [0.4, 0.5) is 0 Å². The van der Waals surface area contributed by atoms with Crippen LogP contribution in [-0.4, -0.2) is 27.9 Å². The van der Waals surface area contributed by atoms with Gasteiger partial charge in [0, 0.05) is 11.1 Å². The van der Waals surface area contributed by atoms with Crippen LogP contribution in [-0.2, 0) is 21.1 Å². The summed E-state index contributed by atoms with van der Waals surface area (Å²) in [5.74, 6) is 0.536. The van der Waals surface area contributed by atoms with Gasteiger partial charge < -0.3 is 41.9 Å². The second kappa shape index (κ2) is 9.08. The molecule has 6 N–H and O–H groups in total. The second-order valence-electron chi connectivity index (χ2n) is 5.45. The van der Waals surface area contributed by atoms with Gasteiger partial charge in [0.05, 0.1) is 0 Å².